The van der Waals surface area contributed by atoms with Gasteiger partial charge in [0.25, 0.3) is 0 Å². The van der Waals surface area contributed by atoms with Crippen molar-refractivity contribution < 1.29 is 13.2 Å². The zero-order chi connectivity index (χ0) is 14.6. The van der Waals surface area contributed by atoms with Crippen molar-refractivity contribution in [3.05, 3.63) is 11.9 Å². The summed E-state index contributed by atoms with van der Waals surface area (Å²) in [5.41, 5.74) is 0.953. The van der Waals surface area contributed by atoms with E-state index in [4.69, 9.17) is 0 Å². The van der Waals surface area contributed by atoms with Crippen molar-refractivity contribution in [1.29, 1.82) is 0 Å². The number of halogens is 3. The Kier molecular flexibility index (Phi) is 4.94. The van der Waals surface area contributed by atoms with Crippen molar-refractivity contribution in [2.24, 2.45) is 0 Å². The molecule has 1 aliphatic rings. The summed E-state index contributed by atoms with van der Waals surface area (Å²) in [6.07, 6.45) is 2.78. The monoisotopic (exact) mass is 289 g/mol. The predicted octanol–water partition coefficient (Wildman–Crippen LogP) is 4.45. The van der Waals surface area contributed by atoms with E-state index in [-0.39, 0.29) is 6.42 Å². The van der Waals surface area contributed by atoms with Gasteiger partial charge in [0.2, 0.25) is 5.95 Å². The van der Waals surface area contributed by atoms with E-state index in [0.717, 1.165) is 11.6 Å². The quantitative estimate of drug-likeness (QED) is 0.784. The number of nitrogens with zero attached hydrogens (tertiary/aromatic N) is 2. The Bertz CT molecular complexity index is 420. The van der Waals surface area contributed by atoms with Crippen LogP contribution in [0.3, 0.4) is 0 Å². The maximum atomic E-state index is 12.0. The van der Waals surface area contributed by atoms with Crippen LogP contribution in [0.25, 0.3) is 0 Å². The molecule has 0 bridgehead atoms. The molecule has 114 valence electrons. The molecule has 20 heavy (non-hydrogen) atoms. The molecule has 0 radical (unpaired) electrons. The molecule has 2 rings (SSSR count). The zero-order valence-electron chi connectivity index (χ0n) is 11.8. The molecule has 0 spiro atoms. The van der Waals surface area contributed by atoms with Crippen LogP contribution in [0.1, 0.15) is 56.7 Å². The third-order valence-electron chi connectivity index (χ3n) is 3.74. The second kappa shape index (κ2) is 6.50. The zero-order valence-corrected chi connectivity index (χ0v) is 11.8. The van der Waals surface area contributed by atoms with Gasteiger partial charge in [0.1, 0.15) is 0 Å². The second-order valence-corrected chi connectivity index (χ2v) is 5.55. The van der Waals surface area contributed by atoms with E-state index in [1.807, 2.05) is 13.1 Å². The minimum Gasteiger partial charge on any atom is -0.356 e. The molecule has 1 aromatic rings. The van der Waals surface area contributed by atoms with Gasteiger partial charge in [-0.1, -0.05) is 12.8 Å². The fourth-order valence-electron chi connectivity index (χ4n) is 2.76. The molecule has 0 saturated heterocycles. The van der Waals surface area contributed by atoms with Crippen molar-refractivity contribution in [3.63, 3.8) is 0 Å². The highest BCUT2D eigenvalue weighted by molar-refractivity contribution is 5.29. The van der Waals surface area contributed by atoms with Gasteiger partial charge in [0.05, 0.1) is 5.69 Å². The van der Waals surface area contributed by atoms with Gasteiger partial charge in [0, 0.05) is 25.2 Å². The Morgan fingerprint density at radius 1 is 1.30 bits per heavy atom. The van der Waals surface area contributed by atoms with Gasteiger partial charge in [-0.05, 0) is 32.6 Å². The summed E-state index contributed by atoms with van der Waals surface area (Å²) in [6, 6.07) is 0.494. The minimum atomic E-state index is -4.04. The van der Waals surface area contributed by atoms with Gasteiger partial charge in [0.15, 0.2) is 0 Å². The highest BCUT2D eigenvalue weighted by atomic mass is 19.4. The van der Waals surface area contributed by atoms with Crippen molar-refractivity contribution in [2.75, 3.05) is 11.9 Å². The molecule has 0 aromatic carbocycles. The Morgan fingerprint density at radius 3 is 2.65 bits per heavy atom. The summed E-state index contributed by atoms with van der Waals surface area (Å²) in [5.74, 6) is 0.807. The van der Waals surface area contributed by atoms with Crippen LogP contribution in [0.2, 0.25) is 0 Å². The molecule has 1 saturated carbocycles. The predicted molar refractivity (Wildman–Crippen MR) is 72.9 cm³/mol. The van der Waals surface area contributed by atoms with E-state index in [1.54, 1.807) is 0 Å². The van der Waals surface area contributed by atoms with E-state index in [1.165, 1.54) is 25.7 Å². The van der Waals surface area contributed by atoms with E-state index in [2.05, 4.69) is 14.9 Å². The summed E-state index contributed by atoms with van der Waals surface area (Å²) in [5, 5.41) is 3.18. The van der Waals surface area contributed by atoms with Crippen LogP contribution in [-0.4, -0.2) is 22.3 Å². The lowest BCUT2D eigenvalue weighted by atomic mass is 10.2. The molecule has 0 amide bonds. The van der Waals surface area contributed by atoms with Crippen LogP contribution in [-0.2, 0) is 0 Å². The number of hydrogen-bond donors (Lipinski definition) is 1. The smallest absolute Gasteiger partial charge is 0.356 e. The van der Waals surface area contributed by atoms with Crippen LogP contribution in [0.15, 0.2) is 6.20 Å². The fourth-order valence-corrected chi connectivity index (χ4v) is 2.76. The summed E-state index contributed by atoms with van der Waals surface area (Å²) in [6.45, 7) is 2.49. The SMILES string of the molecule is Cc1cn(C2CCCC2)c(NCCCCC(F)(F)F)n1. The average molecular weight is 289 g/mol. The number of unbranched alkanes of at least 4 members (excludes halogenated alkanes) is 1. The summed E-state index contributed by atoms with van der Waals surface area (Å²) < 4.78 is 38.3. The van der Waals surface area contributed by atoms with Crippen LogP contribution < -0.4 is 5.32 Å². The fraction of sp³-hybridized carbons (Fsp3) is 0.786. The van der Waals surface area contributed by atoms with Crippen LogP contribution in [0.4, 0.5) is 19.1 Å². The minimum absolute atomic E-state index is 0.166. The first-order chi connectivity index (χ1) is 9.46. The third-order valence-corrected chi connectivity index (χ3v) is 3.74. The Labute approximate surface area is 117 Å². The molecule has 3 nitrogen and oxygen atoms in total. The Balaban J connectivity index is 1.80. The standard InChI is InChI=1S/C14H22F3N3/c1-11-10-20(12-6-2-3-7-12)13(19-11)18-9-5-4-8-14(15,16)17/h10,12H,2-9H2,1H3,(H,18,19). The number of aromatic nitrogens is 2. The van der Waals surface area contributed by atoms with Crippen molar-refractivity contribution in [1.82, 2.24) is 9.55 Å². The molecular formula is C14H22F3N3. The first-order valence-corrected chi connectivity index (χ1v) is 7.32. The molecule has 1 aromatic heterocycles. The highest BCUT2D eigenvalue weighted by Gasteiger charge is 2.26. The number of imidazole rings is 1. The second-order valence-electron chi connectivity index (χ2n) is 5.55. The van der Waals surface area contributed by atoms with Crippen molar-refractivity contribution in [3.8, 4) is 0 Å². The average Bonchev–Trinajstić information content (AvgIpc) is 2.96. The summed E-state index contributed by atoms with van der Waals surface area (Å²) >= 11 is 0. The molecule has 0 atom stereocenters. The molecule has 1 heterocycles. The number of aryl methyl sites for hydroxylation is 1. The topological polar surface area (TPSA) is 29.9 Å². The molecule has 1 fully saturated rings. The first-order valence-electron chi connectivity index (χ1n) is 7.32. The van der Waals surface area contributed by atoms with Gasteiger partial charge < -0.3 is 9.88 Å². The van der Waals surface area contributed by atoms with Gasteiger partial charge in [-0.2, -0.15) is 13.2 Å². The lowest BCUT2D eigenvalue weighted by molar-refractivity contribution is -0.135. The maximum Gasteiger partial charge on any atom is 0.389 e. The largest absolute Gasteiger partial charge is 0.389 e. The molecule has 0 aliphatic heterocycles. The Morgan fingerprint density at radius 2 is 2.00 bits per heavy atom. The first kappa shape index (κ1) is 15.2. The van der Waals surface area contributed by atoms with Crippen molar-refractivity contribution >= 4 is 5.95 Å². The molecule has 0 unspecified atom stereocenters. The van der Waals surface area contributed by atoms with Gasteiger partial charge in [-0.3, -0.25) is 0 Å². The lowest BCUT2D eigenvalue weighted by Crippen LogP contribution is -2.13. The molecule has 1 aliphatic carbocycles. The van der Waals surface area contributed by atoms with Crippen LogP contribution in [0, 0.1) is 6.92 Å². The van der Waals surface area contributed by atoms with E-state index >= 15 is 0 Å². The number of rotatable bonds is 6. The van der Waals surface area contributed by atoms with Crippen LogP contribution >= 0.6 is 0 Å². The number of anilines is 1. The van der Waals surface area contributed by atoms with E-state index in [9.17, 15) is 13.2 Å². The molecule has 1 N–H and O–H groups in total. The number of hydrogen-bond acceptors (Lipinski definition) is 2. The lowest BCUT2D eigenvalue weighted by Gasteiger charge is -2.15. The third kappa shape index (κ3) is 4.42. The number of alkyl halides is 3. The van der Waals surface area contributed by atoms with Gasteiger partial charge >= 0.3 is 6.18 Å². The normalized spacial score (nSPS) is 16.8. The summed E-state index contributed by atoms with van der Waals surface area (Å²) in [7, 11) is 0. The van der Waals surface area contributed by atoms with E-state index in [0.29, 0.717) is 19.0 Å². The van der Waals surface area contributed by atoms with Gasteiger partial charge in [-0.15, -0.1) is 0 Å². The van der Waals surface area contributed by atoms with Crippen LogP contribution in [0.5, 0.6) is 0 Å². The number of nitrogens with one attached hydrogen (secondary N) is 1. The molecule has 6 heteroatoms. The van der Waals surface area contributed by atoms with Gasteiger partial charge in [-0.25, -0.2) is 4.98 Å². The highest BCUT2D eigenvalue weighted by Crippen LogP contribution is 2.32. The summed E-state index contributed by atoms with van der Waals surface area (Å²) in [4.78, 5) is 4.43. The maximum absolute atomic E-state index is 12.0. The van der Waals surface area contributed by atoms with E-state index < -0.39 is 12.6 Å². The molecular weight excluding hydrogens is 267 g/mol. The Hall–Kier alpha value is -1.20. The van der Waals surface area contributed by atoms with Crippen molar-refractivity contribution in [2.45, 2.75) is 64.1 Å².